The Kier molecular flexibility index (Phi) is 10.4. The SMILES string of the molecule is COc1cc2ccc1OCCn1nc(C)nc1[C@H](C(C)C)NC(=O)CN(C(=O)c1cnc(-c3cccnc3)nc1C)CCCNC2=O. The minimum atomic E-state index is -0.486. The minimum absolute atomic E-state index is 0.0426. The molecular weight excluding hydrogens is 602 g/mol. The third-order valence-corrected chi connectivity index (χ3v) is 7.70. The maximum Gasteiger partial charge on any atom is 0.257 e. The Morgan fingerprint density at radius 3 is 2.64 bits per heavy atom. The second kappa shape index (κ2) is 14.8. The molecule has 3 amide bonds. The molecule has 2 aliphatic rings. The van der Waals surface area contributed by atoms with Crippen LogP contribution in [0.2, 0.25) is 0 Å². The number of nitrogens with one attached hydrogen (secondary N) is 2. The largest absolute Gasteiger partial charge is 0.493 e. The normalized spacial score (nSPS) is 16.3. The van der Waals surface area contributed by atoms with Gasteiger partial charge in [-0.05, 0) is 56.5 Å². The van der Waals surface area contributed by atoms with E-state index in [0.29, 0.717) is 53.2 Å². The zero-order valence-electron chi connectivity index (χ0n) is 27.2. The highest BCUT2D eigenvalue weighted by atomic mass is 16.5. The molecule has 0 saturated heterocycles. The van der Waals surface area contributed by atoms with E-state index in [2.05, 4.69) is 35.7 Å². The summed E-state index contributed by atoms with van der Waals surface area (Å²) in [7, 11) is 1.51. The first-order valence-corrected chi connectivity index (χ1v) is 15.5. The van der Waals surface area contributed by atoms with Crippen molar-refractivity contribution in [2.24, 2.45) is 5.92 Å². The van der Waals surface area contributed by atoms with E-state index in [-0.39, 0.29) is 49.5 Å². The van der Waals surface area contributed by atoms with Crippen LogP contribution in [-0.4, -0.2) is 85.7 Å². The van der Waals surface area contributed by atoms with Crippen molar-refractivity contribution in [1.29, 1.82) is 0 Å². The van der Waals surface area contributed by atoms with Gasteiger partial charge < -0.3 is 25.0 Å². The van der Waals surface area contributed by atoms with Crippen molar-refractivity contribution in [1.82, 2.24) is 45.2 Å². The van der Waals surface area contributed by atoms with Crippen LogP contribution in [0.15, 0.2) is 48.9 Å². The zero-order chi connectivity index (χ0) is 33.5. The molecule has 14 nitrogen and oxygen atoms in total. The lowest BCUT2D eigenvalue weighted by atomic mass is 10.0. The number of ether oxygens (including phenoxy) is 2. The highest BCUT2D eigenvalue weighted by Gasteiger charge is 2.28. The van der Waals surface area contributed by atoms with Crippen LogP contribution in [0, 0.1) is 19.8 Å². The number of fused-ring (bicyclic) bond motifs is 13. The van der Waals surface area contributed by atoms with Crippen LogP contribution in [0.1, 0.15) is 64.4 Å². The molecule has 2 N–H and O–H groups in total. The molecule has 0 saturated carbocycles. The molecule has 0 spiro atoms. The van der Waals surface area contributed by atoms with E-state index in [1.54, 1.807) is 55.2 Å². The monoisotopic (exact) mass is 641 g/mol. The number of aromatic nitrogens is 6. The predicted molar refractivity (Wildman–Crippen MR) is 172 cm³/mol. The van der Waals surface area contributed by atoms with Crippen LogP contribution in [-0.2, 0) is 11.3 Å². The summed E-state index contributed by atoms with van der Waals surface area (Å²) >= 11 is 0. The summed E-state index contributed by atoms with van der Waals surface area (Å²) in [6.45, 7) is 8.28. The second-order valence-corrected chi connectivity index (χ2v) is 11.5. The first-order chi connectivity index (χ1) is 22.6. The molecule has 0 radical (unpaired) electrons. The maximum absolute atomic E-state index is 13.9. The molecular formula is C33H39N9O5. The molecule has 5 heterocycles. The highest BCUT2D eigenvalue weighted by molar-refractivity contribution is 5.97. The molecule has 246 valence electrons. The number of rotatable bonds is 4. The van der Waals surface area contributed by atoms with Crippen molar-refractivity contribution in [3.05, 3.63) is 77.4 Å². The topological polar surface area (TPSA) is 166 Å². The van der Waals surface area contributed by atoms with Crippen molar-refractivity contribution >= 4 is 17.7 Å². The lowest BCUT2D eigenvalue weighted by Gasteiger charge is -2.26. The number of amides is 3. The summed E-state index contributed by atoms with van der Waals surface area (Å²) in [5.41, 5.74) is 1.86. The summed E-state index contributed by atoms with van der Waals surface area (Å²) in [5.74, 6) is 1.37. The second-order valence-electron chi connectivity index (χ2n) is 11.5. The average molecular weight is 642 g/mol. The Balaban J connectivity index is 1.44. The summed E-state index contributed by atoms with van der Waals surface area (Å²) in [6, 6.07) is 8.11. The van der Waals surface area contributed by atoms with Gasteiger partial charge in [-0.3, -0.25) is 19.4 Å². The van der Waals surface area contributed by atoms with Gasteiger partial charge in [-0.1, -0.05) is 13.8 Å². The number of carbonyl (C=O) groups excluding carboxylic acids is 3. The lowest BCUT2D eigenvalue weighted by Crippen LogP contribution is -2.44. The van der Waals surface area contributed by atoms with Crippen molar-refractivity contribution in [3.8, 4) is 22.9 Å². The Hall–Kier alpha value is -5.40. The number of pyridine rings is 1. The summed E-state index contributed by atoms with van der Waals surface area (Å²) in [5, 5.41) is 10.5. The summed E-state index contributed by atoms with van der Waals surface area (Å²) < 4.78 is 13.2. The molecule has 2 bridgehead atoms. The van der Waals surface area contributed by atoms with Gasteiger partial charge in [0.25, 0.3) is 11.8 Å². The molecule has 0 unspecified atom stereocenters. The average Bonchev–Trinajstić information content (AvgIpc) is 3.43. The first-order valence-electron chi connectivity index (χ1n) is 15.5. The quantitative estimate of drug-likeness (QED) is 0.338. The first kappa shape index (κ1) is 33.0. The smallest absolute Gasteiger partial charge is 0.257 e. The van der Waals surface area contributed by atoms with Crippen molar-refractivity contribution in [2.75, 3.05) is 33.4 Å². The van der Waals surface area contributed by atoms with Gasteiger partial charge in [-0.25, -0.2) is 19.6 Å². The maximum atomic E-state index is 13.9. The molecule has 1 atom stereocenters. The number of carbonyl (C=O) groups is 3. The van der Waals surface area contributed by atoms with Gasteiger partial charge in [-0.15, -0.1) is 0 Å². The van der Waals surface area contributed by atoms with E-state index >= 15 is 0 Å². The van der Waals surface area contributed by atoms with Crippen LogP contribution in [0.4, 0.5) is 0 Å². The zero-order valence-corrected chi connectivity index (χ0v) is 27.2. The van der Waals surface area contributed by atoms with E-state index in [0.717, 1.165) is 5.56 Å². The number of benzene rings is 1. The van der Waals surface area contributed by atoms with Gasteiger partial charge >= 0.3 is 0 Å². The minimum Gasteiger partial charge on any atom is -0.493 e. The van der Waals surface area contributed by atoms with E-state index in [1.807, 2.05) is 19.9 Å². The molecule has 47 heavy (non-hydrogen) atoms. The molecule has 1 aromatic carbocycles. The van der Waals surface area contributed by atoms with Gasteiger partial charge in [0.05, 0.1) is 37.5 Å². The van der Waals surface area contributed by atoms with Crippen LogP contribution in [0.5, 0.6) is 11.5 Å². The Labute approximate surface area is 272 Å². The van der Waals surface area contributed by atoms with Gasteiger partial charge in [0, 0.05) is 42.8 Å². The molecule has 4 aromatic rings. The number of aryl methyl sites for hydroxylation is 2. The molecule has 0 aliphatic carbocycles. The third-order valence-electron chi connectivity index (χ3n) is 7.70. The highest BCUT2D eigenvalue weighted by Crippen LogP contribution is 2.28. The Bertz CT molecular complexity index is 1740. The standard InChI is InChI=1S/C33H39N9O5/c1-20(2)29-31-38-22(4)40-42(31)14-15-47-26-10-9-23(16-27(26)46-5)32(44)35-12-7-13-41(19-28(43)39-29)33(45)25-18-36-30(37-21(25)3)24-8-6-11-34-17-24/h6,8-11,16-18,20,29H,7,12-15,19H2,1-5H3,(H,35,44)(H,39,43)/t29-/m0/s1. The molecule has 3 aromatic heterocycles. The van der Waals surface area contributed by atoms with Gasteiger partial charge in [0.15, 0.2) is 17.3 Å². The van der Waals surface area contributed by atoms with Gasteiger partial charge in [0.2, 0.25) is 5.91 Å². The summed E-state index contributed by atoms with van der Waals surface area (Å²) in [6.07, 6.45) is 5.17. The fourth-order valence-corrected chi connectivity index (χ4v) is 5.27. The van der Waals surface area contributed by atoms with Crippen LogP contribution in [0.25, 0.3) is 11.4 Å². The molecule has 0 fully saturated rings. The summed E-state index contributed by atoms with van der Waals surface area (Å²) in [4.78, 5) is 59.6. The number of methoxy groups -OCH3 is 1. The molecule has 14 heteroatoms. The van der Waals surface area contributed by atoms with Crippen molar-refractivity contribution in [3.63, 3.8) is 0 Å². The van der Waals surface area contributed by atoms with Crippen molar-refractivity contribution < 1.29 is 23.9 Å². The van der Waals surface area contributed by atoms with Gasteiger partial charge in [-0.2, -0.15) is 5.10 Å². The third kappa shape index (κ3) is 7.88. The van der Waals surface area contributed by atoms with Gasteiger partial charge in [0.1, 0.15) is 18.3 Å². The van der Waals surface area contributed by atoms with Crippen molar-refractivity contribution in [2.45, 2.75) is 46.7 Å². The fraction of sp³-hybridized carbons (Fsp3) is 0.394. The number of hydrogen-bond donors (Lipinski definition) is 2. The number of nitrogens with zero attached hydrogens (tertiary/aromatic N) is 7. The lowest BCUT2D eigenvalue weighted by molar-refractivity contribution is -0.123. The predicted octanol–water partition coefficient (Wildman–Crippen LogP) is 2.92. The van der Waals surface area contributed by atoms with E-state index in [4.69, 9.17) is 9.47 Å². The molecule has 2 aliphatic heterocycles. The fourth-order valence-electron chi connectivity index (χ4n) is 5.27. The van der Waals surface area contributed by atoms with Crippen LogP contribution in [0.3, 0.4) is 0 Å². The van der Waals surface area contributed by atoms with E-state index in [9.17, 15) is 14.4 Å². The van der Waals surface area contributed by atoms with E-state index in [1.165, 1.54) is 18.2 Å². The van der Waals surface area contributed by atoms with Crippen LogP contribution < -0.4 is 20.1 Å². The molecule has 6 rings (SSSR count). The number of hydrogen-bond acceptors (Lipinski definition) is 10. The Morgan fingerprint density at radius 1 is 1.09 bits per heavy atom. The van der Waals surface area contributed by atoms with E-state index < -0.39 is 11.9 Å². The Morgan fingerprint density at radius 2 is 1.91 bits per heavy atom. The van der Waals surface area contributed by atoms with Crippen LogP contribution >= 0.6 is 0 Å².